The van der Waals surface area contributed by atoms with Crippen molar-refractivity contribution >= 4 is 46.5 Å². The van der Waals surface area contributed by atoms with Crippen molar-refractivity contribution in [1.29, 1.82) is 0 Å². The molecule has 4 rings (SSSR count). The maximum Gasteiger partial charge on any atom is 0.338 e. The van der Waals surface area contributed by atoms with Gasteiger partial charge in [0, 0.05) is 24.1 Å². The third kappa shape index (κ3) is 5.08. The predicted molar refractivity (Wildman–Crippen MR) is 145 cm³/mol. The van der Waals surface area contributed by atoms with Gasteiger partial charge < -0.3 is 14.4 Å². The number of amides is 1. The molecule has 2 heterocycles. The summed E-state index contributed by atoms with van der Waals surface area (Å²) in [5.74, 6) is -1.56. The van der Waals surface area contributed by atoms with Crippen LogP contribution in [-0.2, 0) is 9.53 Å². The Hall–Kier alpha value is -4.11. The molecule has 37 heavy (non-hydrogen) atoms. The molecule has 1 aliphatic rings. The zero-order valence-corrected chi connectivity index (χ0v) is 22.0. The molecule has 0 aliphatic carbocycles. The van der Waals surface area contributed by atoms with Gasteiger partial charge >= 0.3 is 11.9 Å². The van der Waals surface area contributed by atoms with Crippen molar-refractivity contribution in [1.82, 2.24) is 9.47 Å². The molecule has 0 radical (unpaired) electrons. The first-order valence-corrected chi connectivity index (χ1v) is 12.5. The van der Waals surface area contributed by atoms with Crippen LogP contribution < -0.4 is 0 Å². The SMILES string of the molecule is CCOC(=O)c1ccc(-n2c(C)cc(/C=C3\SC(=Nc4cccc(C(=O)O)c4C)N(C)C3=O)c2C)cc1. The van der Waals surface area contributed by atoms with Gasteiger partial charge in [-0.2, -0.15) is 0 Å². The quantitative estimate of drug-likeness (QED) is 0.342. The highest BCUT2D eigenvalue weighted by Gasteiger charge is 2.31. The largest absolute Gasteiger partial charge is 0.478 e. The average Bonchev–Trinajstić information content (AvgIpc) is 3.29. The summed E-state index contributed by atoms with van der Waals surface area (Å²) in [5.41, 5.74) is 5.42. The number of aryl methyl sites for hydroxylation is 1. The summed E-state index contributed by atoms with van der Waals surface area (Å²) in [5, 5.41) is 9.87. The fraction of sp³-hybridized carbons (Fsp3) is 0.214. The number of rotatable bonds is 6. The Bertz CT molecular complexity index is 1470. The lowest BCUT2D eigenvalue weighted by Gasteiger charge is -2.10. The number of nitrogens with zero attached hydrogens (tertiary/aromatic N) is 3. The van der Waals surface area contributed by atoms with E-state index in [1.54, 1.807) is 45.2 Å². The lowest BCUT2D eigenvalue weighted by molar-refractivity contribution is -0.121. The van der Waals surface area contributed by atoms with Gasteiger partial charge in [0.05, 0.1) is 28.3 Å². The van der Waals surface area contributed by atoms with Crippen molar-refractivity contribution < 1.29 is 24.2 Å². The van der Waals surface area contributed by atoms with Crippen molar-refractivity contribution in [3.8, 4) is 5.69 Å². The van der Waals surface area contributed by atoms with Crippen LogP contribution in [-0.4, -0.2) is 51.2 Å². The molecule has 3 aromatic rings. The van der Waals surface area contributed by atoms with Crippen LogP contribution in [0, 0.1) is 20.8 Å². The number of ether oxygens (including phenoxy) is 1. The molecule has 190 valence electrons. The number of likely N-dealkylation sites (N-methyl/N-ethyl adjacent to an activating group) is 1. The number of amidine groups is 1. The molecule has 0 unspecified atom stereocenters. The first kappa shape index (κ1) is 26.0. The maximum absolute atomic E-state index is 13.0. The van der Waals surface area contributed by atoms with Crippen LogP contribution in [0.4, 0.5) is 5.69 Å². The number of carboxylic acid groups (broad SMARTS) is 1. The van der Waals surface area contributed by atoms with E-state index in [0.29, 0.717) is 33.5 Å². The minimum absolute atomic E-state index is 0.178. The number of carboxylic acids is 1. The molecule has 0 atom stereocenters. The molecule has 9 heteroatoms. The summed E-state index contributed by atoms with van der Waals surface area (Å²) >= 11 is 1.25. The summed E-state index contributed by atoms with van der Waals surface area (Å²) in [6, 6.07) is 14.1. The number of aliphatic imine (C=N–C) groups is 1. The second kappa shape index (κ2) is 10.5. The molecular formula is C28H27N3O5S. The van der Waals surface area contributed by atoms with Crippen LogP contribution in [0.2, 0.25) is 0 Å². The van der Waals surface area contributed by atoms with Gasteiger partial charge in [0.15, 0.2) is 5.17 Å². The number of carbonyl (C=O) groups is 3. The lowest BCUT2D eigenvalue weighted by atomic mass is 10.1. The smallest absolute Gasteiger partial charge is 0.338 e. The van der Waals surface area contributed by atoms with E-state index < -0.39 is 5.97 Å². The van der Waals surface area contributed by atoms with Gasteiger partial charge in [-0.1, -0.05) is 6.07 Å². The average molecular weight is 518 g/mol. The van der Waals surface area contributed by atoms with E-state index in [1.165, 1.54) is 22.7 Å². The van der Waals surface area contributed by atoms with E-state index in [-0.39, 0.29) is 17.4 Å². The van der Waals surface area contributed by atoms with Crippen molar-refractivity contribution in [2.45, 2.75) is 27.7 Å². The minimum atomic E-state index is -1.02. The number of aromatic carboxylic acids is 1. The van der Waals surface area contributed by atoms with Crippen molar-refractivity contribution in [2.75, 3.05) is 13.7 Å². The summed E-state index contributed by atoms with van der Waals surface area (Å²) in [4.78, 5) is 43.0. The molecule has 0 spiro atoms. The normalized spacial score (nSPS) is 15.6. The number of hydrogen-bond donors (Lipinski definition) is 1. The molecule has 8 nitrogen and oxygen atoms in total. The van der Waals surface area contributed by atoms with Gasteiger partial charge in [-0.25, -0.2) is 14.6 Å². The van der Waals surface area contributed by atoms with E-state index in [0.717, 1.165) is 22.6 Å². The Kier molecular flexibility index (Phi) is 7.35. The first-order chi connectivity index (χ1) is 17.6. The van der Waals surface area contributed by atoms with Crippen molar-refractivity contribution in [2.24, 2.45) is 4.99 Å². The van der Waals surface area contributed by atoms with E-state index in [2.05, 4.69) is 9.56 Å². The Morgan fingerprint density at radius 2 is 1.81 bits per heavy atom. The molecule has 1 N–H and O–H groups in total. The number of benzene rings is 2. The van der Waals surface area contributed by atoms with Crippen LogP contribution in [0.3, 0.4) is 0 Å². The van der Waals surface area contributed by atoms with Gasteiger partial charge in [-0.15, -0.1) is 0 Å². The number of esters is 1. The van der Waals surface area contributed by atoms with Gasteiger partial charge in [0.2, 0.25) is 0 Å². The summed E-state index contributed by atoms with van der Waals surface area (Å²) < 4.78 is 7.12. The zero-order chi connectivity index (χ0) is 26.9. The molecule has 0 bridgehead atoms. The highest BCUT2D eigenvalue weighted by molar-refractivity contribution is 8.18. The van der Waals surface area contributed by atoms with E-state index in [9.17, 15) is 19.5 Å². The minimum Gasteiger partial charge on any atom is -0.478 e. The Morgan fingerprint density at radius 3 is 2.46 bits per heavy atom. The molecule has 1 aromatic heterocycles. The van der Waals surface area contributed by atoms with Crippen molar-refractivity contribution in [3.63, 3.8) is 0 Å². The zero-order valence-electron chi connectivity index (χ0n) is 21.2. The van der Waals surface area contributed by atoms with E-state index >= 15 is 0 Å². The summed E-state index contributed by atoms with van der Waals surface area (Å²) in [7, 11) is 1.65. The van der Waals surface area contributed by atoms with Gasteiger partial charge in [-0.05, 0) is 99.1 Å². The van der Waals surface area contributed by atoms with E-state index in [4.69, 9.17) is 4.74 Å². The fourth-order valence-corrected chi connectivity index (χ4v) is 5.13. The van der Waals surface area contributed by atoms with Gasteiger partial charge in [0.1, 0.15) is 0 Å². The lowest BCUT2D eigenvalue weighted by Crippen LogP contribution is -2.23. The highest BCUT2D eigenvalue weighted by atomic mass is 32.2. The maximum atomic E-state index is 13.0. The molecule has 1 aliphatic heterocycles. The van der Waals surface area contributed by atoms with Crippen LogP contribution in [0.25, 0.3) is 11.8 Å². The van der Waals surface area contributed by atoms with Crippen LogP contribution in [0.5, 0.6) is 0 Å². The van der Waals surface area contributed by atoms with Crippen LogP contribution in [0.15, 0.2) is 58.4 Å². The van der Waals surface area contributed by atoms with E-state index in [1.807, 2.05) is 38.1 Å². The standard InChI is InChI=1S/C28H27N3O5S/c1-6-36-27(35)19-10-12-21(13-11-19)31-16(2)14-20(18(31)4)15-24-25(32)30(5)28(37-24)29-23-9-7-8-22(17(23)3)26(33)34/h7-15H,6H2,1-5H3,(H,33,34)/b24-15-,29-28?. The monoisotopic (exact) mass is 517 g/mol. The van der Waals surface area contributed by atoms with Gasteiger partial charge in [-0.3, -0.25) is 9.69 Å². The molecule has 1 fully saturated rings. The number of thioether (sulfide) groups is 1. The predicted octanol–water partition coefficient (Wildman–Crippen LogP) is 5.51. The second-order valence-corrected chi connectivity index (χ2v) is 9.56. The fourth-order valence-electron chi connectivity index (χ4n) is 4.16. The second-order valence-electron chi connectivity index (χ2n) is 8.55. The third-order valence-electron chi connectivity index (χ3n) is 6.15. The highest BCUT2D eigenvalue weighted by Crippen LogP contribution is 2.35. The molecule has 2 aromatic carbocycles. The topological polar surface area (TPSA) is 101 Å². The summed E-state index contributed by atoms with van der Waals surface area (Å²) in [6.45, 7) is 7.75. The Labute approximate surface area is 219 Å². The van der Waals surface area contributed by atoms with Crippen LogP contribution >= 0.6 is 11.8 Å². The first-order valence-electron chi connectivity index (χ1n) is 11.7. The Balaban J connectivity index is 1.64. The third-order valence-corrected chi connectivity index (χ3v) is 7.21. The van der Waals surface area contributed by atoms with Crippen molar-refractivity contribution in [3.05, 3.63) is 87.1 Å². The summed E-state index contributed by atoms with van der Waals surface area (Å²) in [6.07, 6.45) is 1.85. The number of carbonyl (C=O) groups excluding carboxylic acids is 2. The Morgan fingerprint density at radius 1 is 1.11 bits per heavy atom. The molecule has 1 amide bonds. The van der Waals surface area contributed by atoms with Gasteiger partial charge in [0.25, 0.3) is 5.91 Å². The molecule has 0 saturated carbocycles. The number of hydrogen-bond acceptors (Lipinski definition) is 6. The number of aromatic nitrogens is 1. The molecule has 1 saturated heterocycles. The van der Waals surface area contributed by atoms with Crippen LogP contribution in [0.1, 0.15) is 50.2 Å². The molecular weight excluding hydrogens is 490 g/mol.